The predicted molar refractivity (Wildman–Crippen MR) is 79.3 cm³/mol. The van der Waals surface area contributed by atoms with Crippen LogP contribution in [0.2, 0.25) is 10.0 Å². The van der Waals surface area contributed by atoms with Gasteiger partial charge in [-0.25, -0.2) is 0 Å². The second kappa shape index (κ2) is 6.44. The van der Waals surface area contributed by atoms with Crippen LogP contribution in [0.3, 0.4) is 0 Å². The largest absolute Gasteiger partial charge is 0.349 e. The van der Waals surface area contributed by atoms with Crippen molar-refractivity contribution in [2.24, 2.45) is 5.41 Å². The lowest BCUT2D eigenvalue weighted by atomic mass is 9.84. The van der Waals surface area contributed by atoms with Gasteiger partial charge in [0.25, 0.3) is 0 Å². The molecular formula is C15H18Cl2O3. The summed E-state index contributed by atoms with van der Waals surface area (Å²) in [4.78, 5) is 12.4. The molecule has 0 radical (unpaired) electrons. The Labute approximate surface area is 129 Å². The van der Waals surface area contributed by atoms with Gasteiger partial charge in [0.1, 0.15) is 5.78 Å². The number of aryl methyl sites for hydroxylation is 1. The molecule has 0 spiro atoms. The van der Waals surface area contributed by atoms with Gasteiger partial charge < -0.3 is 9.47 Å². The van der Waals surface area contributed by atoms with Gasteiger partial charge in [-0.3, -0.25) is 4.79 Å². The van der Waals surface area contributed by atoms with Crippen molar-refractivity contribution < 1.29 is 14.3 Å². The molecule has 0 unspecified atom stereocenters. The topological polar surface area (TPSA) is 35.5 Å². The average Bonchev–Trinajstić information content (AvgIpc) is 2.91. The van der Waals surface area contributed by atoms with E-state index in [1.54, 1.807) is 12.1 Å². The van der Waals surface area contributed by atoms with Crippen LogP contribution in [0.4, 0.5) is 0 Å². The first-order valence-electron chi connectivity index (χ1n) is 6.61. The lowest BCUT2D eigenvalue weighted by Crippen LogP contribution is -2.38. The minimum atomic E-state index is -0.643. The molecule has 5 heteroatoms. The second-order valence-electron chi connectivity index (χ2n) is 5.45. The molecule has 1 fully saturated rings. The summed E-state index contributed by atoms with van der Waals surface area (Å²) in [6.07, 6.45) is 0.540. The summed E-state index contributed by atoms with van der Waals surface area (Å²) >= 11 is 12.0. The zero-order valence-electron chi connectivity index (χ0n) is 11.6. The Hall–Kier alpha value is -0.610. The van der Waals surface area contributed by atoms with Crippen LogP contribution >= 0.6 is 23.2 Å². The molecule has 0 amide bonds. The molecule has 110 valence electrons. The fraction of sp³-hybridized carbons (Fsp3) is 0.533. The lowest BCUT2D eigenvalue weighted by molar-refractivity contribution is -0.155. The highest BCUT2D eigenvalue weighted by molar-refractivity contribution is 6.35. The van der Waals surface area contributed by atoms with E-state index in [2.05, 4.69) is 0 Å². The molecule has 3 nitrogen and oxygen atoms in total. The van der Waals surface area contributed by atoms with Gasteiger partial charge in [0.05, 0.1) is 18.6 Å². The number of Topliss-reactive ketones (excluding diaryl/α,β-unsaturated/α-hetero) is 1. The molecule has 1 aliphatic heterocycles. The van der Waals surface area contributed by atoms with Crippen LogP contribution in [0.15, 0.2) is 18.2 Å². The number of ketones is 1. The van der Waals surface area contributed by atoms with Gasteiger partial charge in [-0.2, -0.15) is 0 Å². The van der Waals surface area contributed by atoms with Crippen LogP contribution in [-0.2, 0) is 20.7 Å². The van der Waals surface area contributed by atoms with E-state index in [1.807, 2.05) is 19.9 Å². The van der Waals surface area contributed by atoms with Crippen molar-refractivity contribution in [3.63, 3.8) is 0 Å². The molecule has 1 aliphatic rings. The van der Waals surface area contributed by atoms with Crippen molar-refractivity contribution in [3.8, 4) is 0 Å². The highest BCUT2D eigenvalue weighted by Crippen LogP contribution is 2.31. The van der Waals surface area contributed by atoms with Crippen molar-refractivity contribution >= 4 is 29.0 Å². The van der Waals surface area contributed by atoms with Gasteiger partial charge in [-0.1, -0.05) is 29.3 Å². The highest BCUT2D eigenvalue weighted by atomic mass is 35.5. The summed E-state index contributed by atoms with van der Waals surface area (Å²) in [6.45, 7) is 4.80. The standard InChI is InChI=1S/C15H18Cl2O3/c1-15(2,14-19-7-8-20-14)13(18)6-4-10-3-5-11(16)9-12(10)17/h3,5,9,14H,4,6-8H2,1-2H3. The molecule has 0 saturated carbocycles. The Balaban J connectivity index is 1.97. The first kappa shape index (κ1) is 15.8. The summed E-state index contributed by atoms with van der Waals surface area (Å²) in [6, 6.07) is 5.33. The maximum Gasteiger partial charge on any atom is 0.169 e. The van der Waals surface area contributed by atoms with Crippen LogP contribution in [0.5, 0.6) is 0 Å². The van der Waals surface area contributed by atoms with Gasteiger partial charge >= 0.3 is 0 Å². The third kappa shape index (κ3) is 3.53. The van der Waals surface area contributed by atoms with Crippen molar-refractivity contribution in [2.45, 2.75) is 33.0 Å². The summed E-state index contributed by atoms with van der Waals surface area (Å²) in [7, 11) is 0. The maximum absolute atomic E-state index is 12.4. The van der Waals surface area contributed by atoms with Crippen molar-refractivity contribution in [2.75, 3.05) is 13.2 Å². The summed E-state index contributed by atoms with van der Waals surface area (Å²) in [5, 5.41) is 1.19. The fourth-order valence-electron chi connectivity index (χ4n) is 2.20. The molecule has 1 aromatic rings. The predicted octanol–water partition coefficient (Wildman–Crippen LogP) is 3.89. The SMILES string of the molecule is CC(C)(C(=O)CCc1ccc(Cl)cc1Cl)C1OCCO1. The number of halogens is 2. The van der Waals surface area contributed by atoms with Crippen LogP contribution in [0.1, 0.15) is 25.8 Å². The second-order valence-corrected chi connectivity index (χ2v) is 6.30. The first-order valence-corrected chi connectivity index (χ1v) is 7.37. The van der Waals surface area contributed by atoms with Gasteiger partial charge in [-0.05, 0) is 38.0 Å². The van der Waals surface area contributed by atoms with Crippen molar-refractivity contribution in [1.29, 1.82) is 0 Å². The maximum atomic E-state index is 12.4. The monoisotopic (exact) mass is 316 g/mol. The molecule has 1 heterocycles. The summed E-state index contributed by atoms with van der Waals surface area (Å²) < 4.78 is 10.9. The first-order chi connectivity index (χ1) is 9.41. The fourth-order valence-corrected chi connectivity index (χ4v) is 2.70. The Bertz CT molecular complexity index is 494. The Morgan fingerprint density at radius 3 is 2.55 bits per heavy atom. The normalized spacial score (nSPS) is 16.6. The van der Waals surface area contributed by atoms with Gasteiger partial charge in [-0.15, -0.1) is 0 Å². The van der Waals surface area contributed by atoms with E-state index in [0.29, 0.717) is 36.1 Å². The van der Waals surface area contributed by atoms with Crippen LogP contribution in [0.25, 0.3) is 0 Å². The molecule has 0 N–H and O–H groups in total. The smallest absolute Gasteiger partial charge is 0.169 e. The number of carbonyl (C=O) groups is 1. The summed E-state index contributed by atoms with van der Waals surface area (Å²) in [5.41, 5.74) is 0.281. The van der Waals surface area contributed by atoms with Gasteiger partial charge in [0, 0.05) is 16.5 Å². The van der Waals surface area contributed by atoms with Crippen LogP contribution in [0, 0.1) is 5.41 Å². The van der Waals surface area contributed by atoms with Crippen LogP contribution in [-0.4, -0.2) is 25.3 Å². The van der Waals surface area contributed by atoms with E-state index in [9.17, 15) is 4.79 Å². The Morgan fingerprint density at radius 2 is 1.95 bits per heavy atom. The number of rotatable bonds is 5. The zero-order chi connectivity index (χ0) is 14.8. The quantitative estimate of drug-likeness (QED) is 0.826. The van der Waals surface area contributed by atoms with Crippen LogP contribution < -0.4 is 0 Å². The molecular weight excluding hydrogens is 299 g/mol. The molecule has 0 atom stereocenters. The van der Waals surface area contributed by atoms with Crippen molar-refractivity contribution in [3.05, 3.63) is 33.8 Å². The minimum absolute atomic E-state index is 0.107. The van der Waals surface area contributed by atoms with E-state index in [1.165, 1.54) is 0 Å². The number of hydrogen-bond acceptors (Lipinski definition) is 3. The number of carbonyl (C=O) groups excluding carboxylic acids is 1. The molecule has 0 bridgehead atoms. The molecule has 2 rings (SSSR count). The van der Waals surface area contributed by atoms with E-state index in [-0.39, 0.29) is 5.78 Å². The molecule has 1 saturated heterocycles. The zero-order valence-corrected chi connectivity index (χ0v) is 13.1. The number of hydrogen-bond donors (Lipinski definition) is 0. The molecule has 20 heavy (non-hydrogen) atoms. The van der Waals surface area contributed by atoms with Gasteiger partial charge in [0.2, 0.25) is 0 Å². The van der Waals surface area contributed by atoms with E-state index in [0.717, 1.165) is 5.56 Å². The number of ether oxygens (including phenoxy) is 2. The minimum Gasteiger partial charge on any atom is -0.349 e. The third-order valence-electron chi connectivity index (χ3n) is 3.57. The Kier molecular flexibility index (Phi) is 5.08. The lowest BCUT2D eigenvalue weighted by Gasteiger charge is -2.28. The number of benzene rings is 1. The molecule has 0 aromatic heterocycles. The molecule has 1 aromatic carbocycles. The Morgan fingerprint density at radius 1 is 1.30 bits per heavy atom. The molecule has 0 aliphatic carbocycles. The van der Waals surface area contributed by atoms with Gasteiger partial charge in [0.15, 0.2) is 6.29 Å². The van der Waals surface area contributed by atoms with E-state index >= 15 is 0 Å². The van der Waals surface area contributed by atoms with E-state index in [4.69, 9.17) is 32.7 Å². The summed E-state index contributed by atoms with van der Waals surface area (Å²) in [5.74, 6) is 0.107. The van der Waals surface area contributed by atoms with Crippen molar-refractivity contribution in [1.82, 2.24) is 0 Å². The highest BCUT2D eigenvalue weighted by Gasteiger charge is 2.39. The average molecular weight is 317 g/mol. The third-order valence-corrected chi connectivity index (χ3v) is 4.15. The van der Waals surface area contributed by atoms with E-state index < -0.39 is 11.7 Å².